The zero-order valence-corrected chi connectivity index (χ0v) is 13.4. The van der Waals surface area contributed by atoms with Crippen LogP contribution in [0.5, 0.6) is 0 Å². The lowest BCUT2D eigenvalue weighted by Gasteiger charge is -2.20. The Kier molecular flexibility index (Phi) is 5.03. The molecule has 1 N–H and O–H groups in total. The highest BCUT2D eigenvalue weighted by atomic mass is 79.9. The summed E-state index contributed by atoms with van der Waals surface area (Å²) in [5.74, 6) is 0. The third-order valence-electron chi connectivity index (χ3n) is 3.04. The summed E-state index contributed by atoms with van der Waals surface area (Å²) in [6, 6.07) is 14.8. The van der Waals surface area contributed by atoms with E-state index >= 15 is 0 Å². The van der Waals surface area contributed by atoms with Crippen LogP contribution in [0.25, 0.3) is 0 Å². The summed E-state index contributed by atoms with van der Waals surface area (Å²) in [5, 5.41) is 4.26. The van der Waals surface area contributed by atoms with Gasteiger partial charge in [-0.2, -0.15) is 0 Å². The Hall–Kier alpha value is -0.830. The molecule has 0 aliphatic carbocycles. The van der Waals surface area contributed by atoms with Gasteiger partial charge in [-0.3, -0.25) is 0 Å². The van der Waals surface area contributed by atoms with Gasteiger partial charge in [0.2, 0.25) is 0 Å². The number of halogens is 2. The topological polar surface area (TPSA) is 12.0 Å². The first-order valence-corrected chi connectivity index (χ1v) is 7.53. The normalized spacial score (nSPS) is 12.4. The highest BCUT2D eigenvalue weighted by Crippen LogP contribution is 2.28. The zero-order chi connectivity index (χ0) is 13.8. The van der Waals surface area contributed by atoms with Gasteiger partial charge in [0.25, 0.3) is 0 Å². The molecule has 0 fully saturated rings. The molecule has 0 bridgehead atoms. The van der Waals surface area contributed by atoms with E-state index in [1.54, 1.807) is 0 Å². The molecule has 0 amide bonds. The molecule has 1 nitrogen and oxygen atoms in total. The van der Waals surface area contributed by atoms with Gasteiger partial charge in [-0.05, 0) is 42.8 Å². The van der Waals surface area contributed by atoms with E-state index in [-0.39, 0.29) is 6.04 Å². The number of hydrogen-bond donors (Lipinski definition) is 1. The predicted molar refractivity (Wildman–Crippen MR) is 85.9 cm³/mol. The van der Waals surface area contributed by atoms with E-state index in [4.69, 9.17) is 11.6 Å². The Morgan fingerprint density at radius 1 is 1.11 bits per heavy atom. The first-order chi connectivity index (χ1) is 9.10. The molecule has 0 saturated carbocycles. The van der Waals surface area contributed by atoms with Gasteiger partial charge < -0.3 is 5.32 Å². The molecule has 0 heterocycles. The fourth-order valence-corrected chi connectivity index (χ4v) is 3.02. The van der Waals surface area contributed by atoms with Crippen molar-refractivity contribution in [2.75, 3.05) is 6.54 Å². The van der Waals surface area contributed by atoms with Gasteiger partial charge >= 0.3 is 0 Å². The largest absolute Gasteiger partial charge is 0.307 e. The van der Waals surface area contributed by atoms with Crippen LogP contribution in [0.15, 0.2) is 46.9 Å². The minimum atomic E-state index is 0.167. The predicted octanol–water partition coefficient (Wildman–Crippen LogP) is 5.11. The molecule has 2 aromatic carbocycles. The molecule has 0 aliphatic heterocycles. The molecule has 0 spiro atoms. The summed E-state index contributed by atoms with van der Waals surface area (Å²) in [4.78, 5) is 0. The molecule has 1 atom stereocenters. The minimum absolute atomic E-state index is 0.167. The van der Waals surface area contributed by atoms with Crippen LogP contribution in [0.3, 0.4) is 0 Å². The average Bonchev–Trinajstić information content (AvgIpc) is 2.36. The van der Waals surface area contributed by atoms with Crippen molar-refractivity contribution in [3.05, 3.63) is 68.7 Å². The summed E-state index contributed by atoms with van der Waals surface area (Å²) < 4.78 is 1.00. The minimum Gasteiger partial charge on any atom is -0.307 e. The fraction of sp³-hybridized carbons (Fsp3) is 0.250. The van der Waals surface area contributed by atoms with Crippen molar-refractivity contribution in [1.29, 1.82) is 0 Å². The van der Waals surface area contributed by atoms with Crippen LogP contribution in [0, 0.1) is 6.92 Å². The standard InChI is InChI=1S/C16H17BrClN/c1-3-19-16(12-6-4-11(2)5-7-12)13-8-14(17)10-15(18)9-13/h4-10,16,19H,3H2,1-2H3. The molecule has 2 rings (SSSR count). The van der Waals surface area contributed by atoms with Crippen LogP contribution >= 0.6 is 27.5 Å². The Balaban J connectivity index is 2.41. The van der Waals surface area contributed by atoms with E-state index < -0.39 is 0 Å². The van der Waals surface area contributed by atoms with Crippen molar-refractivity contribution in [1.82, 2.24) is 5.32 Å². The first kappa shape index (κ1) is 14.6. The van der Waals surface area contributed by atoms with Crippen LogP contribution in [-0.4, -0.2) is 6.54 Å². The number of aryl methyl sites for hydroxylation is 1. The number of rotatable bonds is 4. The second-order valence-electron chi connectivity index (χ2n) is 4.60. The maximum absolute atomic E-state index is 6.15. The smallest absolute Gasteiger partial charge is 0.0577 e. The molecule has 19 heavy (non-hydrogen) atoms. The summed E-state index contributed by atoms with van der Waals surface area (Å²) in [5.41, 5.74) is 3.69. The van der Waals surface area contributed by atoms with E-state index in [0.717, 1.165) is 16.0 Å². The van der Waals surface area contributed by atoms with Crippen LogP contribution in [0.1, 0.15) is 29.7 Å². The maximum atomic E-state index is 6.15. The third-order valence-corrected chi connectivity index (χ3v) is 3.71. The van der Waals surface area contributed by atoms with Crippen molar-refractivity contribution in [3.63, 3.8) is 0 Å². The summed E-state index contributed by atoms with van der Waals surface area (Å²) in [6.45, 7) is 5.12. The van der Waals surface area contributed by atoms with Gasteiger partial charge in [-0.15, -0.1) is 0 Å². The monoisotopic (exact) mass is 337 g/mol. The van der Waals surface area contributed by atoms with E-state index in [2.05, 4.69) is 65.4 Å². The molecule has 0 radical (unpaired) electrons. The van der Waals surface area contributed by atoms with Gasteiger partial charge in [-0.1, -0.05) is 64.3 Å². The third kappa shape index (κ3) is 3.82. The first-order valence-electron chi connectivity index (χ1n) is 6.36. The van der Waals surface area contributed by atoms with Crippen LogP contribution in [0.4, 0.5) is 0 Å². The Labute approximate surface area is 128 Å². The van der Waals surface area contributed by atoms with Gasteiger partial charge in [0.1, 0.15) is 0 Å². The molecule has 2 aromatic rings. The van der Waals surface area contributed by atoms with Gasteiger partial charge in [0, 0.05) is 9.50 Å². The number of nitrogens with one attached hydrogen (secondary N) is 1. The molecule has 0 aliphatic rings. The summed E-state index contributed by atoms with van der Waals surface area (Å²) in [6.07, 6.45) is 0. The van der Waals surface area contributed by atoms with Crippen molar-refractivity contribution in [2.24, 2.45) is 0 Å². The van der Waals surface area contributed by atoms with E-state index in [0.29, 0.717) is 0 Å². The number of benzene rings is 2. The maximum Gasteiger partial charge on any atom is 0.0577 e. The molecule has 0 aromatic heterocycles. The lowest BCUT2D eigenvalue weighted by atomic mass is 9.98. The quantitative estimate of drug-likeness (QED) is 0.817. The Morgan fingerprint density at radius 3 is 2.37 bits per heavy atom. The van der Waals surface area contributed by atoms with Crippen LogP contribution < -0.4 is 5.32 Å². The van der Waals surface area contributed by atoms with Gasteiger partial charge in [-0.25, -0.2) is 0 Å². The molecular formula is C16H17BrClN. The highest BCUT2D eigenvalue weighted by Gasteiger charge is 2.13. The van der Waals surface area contributed by atoms with Gasteiger partial charge in [0.05, 0.1) is 6.04 Å². The zero-order valence-electron chi connectivity index (χ0n) is 11.1. The van der Waals surface area contributed by atoms with Crippen molar-refractivity contribution >= 4 is 27.5 Å². The summed E-state index contributed by atoms with van der Waals surface area (Å²) >= 11 is 9.65. The average molecular weight is 339 g/mol. The summed E-state index contributed by atoms with van der Waals surface area (Å²) in [7, 11) is 0. The van der Waals surface area contributed by atoms with Crippen molar-refractivity contribution < 1.29 is 0 Å². The Bertz CT molecular complexity index is 531. The highest BCUT2D eigenvalue weighted by molar-refractivity contribution is 9.10. The molecule has 0 saturated heterocycles. The van der Waals surface area contributed by atoms with Crippen LogP contribution in [0.2, 0.25) is 5.02 Å². The fourth-order valence-electron chi connectivity index (χ4n) is 2.13. The van der Waals surface area contributed by atoms with Crippen molar-refractivity contribution in [3.8, 4) is 0 Å². The lowest BCUT2D eigenvalue weighted by Crippen LogP contribution is -2.22. The second-order valence-corrected chi connectivity index (χ2v) is 5.96. The Morgan fingerprint density at radius 2 is 1.79 bits per heavy atom. The van der Waals surface area contributed by atoms with E-state index in [1.807, 2.05) is 12.1 Å². The molecule has 3 heteroatoms. The molecule has 100 valence electrons. The lowest BCUT2D eigenvalue weighted by molar-refractivity contribution is 0.630. The van der Waals surface area contributed by atoms with Crippen molar-refractivity contribution in [2.45, 2.75) is 19.9 Å². The second kappa shape index (κ2) is 6.56. The van der Waals surface area contributed by atoms with Gasteiger partial charge in [0.15, 0.2) is 0 Å². The van der Waals surface area contributed by atoms with E-state index in [1.165, 1.54) is 16.7 Å². The SMILES string of the molecule is CCNC(c1ccc(C)cc1)c1cc(Cl)cc(Br)c1. The van der Waals surface area contributed by atoms with E-state index in [9.17, 15) is 0 Å². The number of hydrogen-bond acceptors (Lipinski definition) is 1. The molecule has 1 unspecified atom stereocenters. The molecular weight excluding hydrogens is 322 g/mol. The van der Waals surface area contributed by atoms with Crippen LogP contribution in [-0.2, 0) is 0 Å².